The molecule has 2 heterocycles. The summed E-state index contributed by atoms with van der Waals surface area (Å²) in [5, 5.41) is 8.19. The van der Waals surface area contributed by atoms with E-state index >= 15 is 0 Å². The molecule has 17 heavy (non-hydrogen) atoms. The van der Waals surface area contributed by atoms with E-state index in [1.54, 1.807) is 0 Å². The maximum atomic E-state index is 4.70. The highest BCUT2D eigenvalue weighted by Crippen LogP contribution is 2.22. The lowest BCUT2D eigenvalue weighted by Gasteiger charge is -2.28. The van der Waals surface area contributed by atoms with Crippen LogP contribution in [-0.2, 0) is 6.42 Å². The lowest BCUT2D eigenvalue weighted by atomic mass is 9.85. The smallest absolute Gasteiger partial charge is 0.0628 e. The molecular weight excluding hydrogens is 210 g/mol. The molecule has 1 fully saturated rings. The Hall–Kier alpha value is -0.830. The summed E-state index contributed by atoms with van der Waals surface area (Å²) in [4.78, 5) is 0. The van der Waals surface area contributed by atoms with Crippen LogP contribution >= 0.6 is 0 Å². The van der Waals surface area contributed by atoms with Gasteiger partial charge >= 0.3 is 0 Å². The number of rotatable bonds is 4. The van der Waals surface area contributed by atoms with Crippen LogP contribution in [0.2, 0.25) is 0 Å². The van der Waals surface area contributed by atoms with E-state index in [1.807, 2.05) is 0 Å². The van der Waals surface area contributed by atoms with Crippen LogP contribution in [0.5, 0.6) is 0 Å². The Morgan fingerprint density at radius 1 is 1.59 bits per heavy atom. The maximum Gasteiger partial charge on any atom is 0.0628 e. The van der Waals surface area contributed by atoms with Gasteiger partial charge in [0, 0.05) is 12.2 Å². The van der Waals surface area contributed by atoms with Crippen LogP contribution in [-0.4, -0.2) is 22.9 Å². The number of hydrogen-bond donors (Lipinski definition) is 1. The summed E-state index contributed by atoms with van der Waals surface area (Å²) in [5.41, 5.74) is 1.26. The van der Waals surface area contributed by atoms with Gasteiger partial charge in [0.05, 0.1) is 5.69 Å². The van der Waals surface area contributed by atoms with Crippen molar-refractivity contribution in [3.63, 3.8) is 0 Å². The van der Waals surface area contributed by atoms with Gasteiger partial charge in [0.25, 0.3) is 0 Å². The molecule has 3 heteroatoms. The molecule has 0 aliphatic carbocycles. The fourth-order valence-corrected chi connectivity index (χ4v) is 2.51. The summed E-state index contributed by atoms with van der Waals surface area (Å²) in [7, 11) is 0. The standard InChI is InChI=1S/C14H25N3/c1-4-12(3)17-8-6-14(16-17)9-13-10-15-7-5-11(13)2/h6,8,11-13,15H,4-5,7,9-10H2,1-3H3. The van der Waals surface area contributed by atoms with Crippen LogP contribution in [0.25, 0.3) is 0 Å². The quantitative estimate of drug-likeness (QED) is 0.869. The van der Waals surface area contributed by atoms with Crippen LogP contribution in [0.15, 0.2) is 12.3 Å². The molecule has 3 unspecified atom stereocenters. The van der Waals surface area contributed by atoms with Gasteiger partial charge in [-0.25, -0.2) is 0 Å². The zero-order chi connectivity index (χ0) is 12.3. The first-order chi connectivity index (χ1) is 8.20. The lowest BCUT2D eigenvalue weighted by Crippen LogP contribution is -2.36. The molecule has 96 valence electrons. The molecule has 1 aliphatic heterocycles. The Balaban J connectivity index is 1.96. The summed E-state index contributed by atoms with van der Waals surface area (Å²) in [6.45, 7) is 9.13. The summed E-state index contributed by atoms with van der Waals surface area (Å²) in [6, 6.07) is 2.71. The predicted molar refractivity (Wildman–Crippen MR) is 71.1 cm³/mol. The second-order valence-corrected chi connectivity index (χ2v) is 5.48. The van der Waals surface area contributed by atoms with E-state index in [2.05, 4.69) is 43.0 Å². The average Bonchev–Trinajstić information content (AvgIpc) is 2.80. The van der Waals surface area contributed by atoms with E-state index in [1.165, 1.54) is 18.7 Å². The highest BCUT2D eigenvalue weighted by molar-refractivity contribution is 5.02. The molecule has 3 atom stereocenters. The minimum atomic E-state index is 0.519. The topological polar surface area (TPSA) is 29.9 Å². The van der Waals surface area contributed by atoms with Gasteiger partial charge in [0.15, 0.2) is 0 Å². The first-order valence-electron chi connectivity index (χ1n) is 6.95. The van der Waals surface area contributed by atoms with Gasteiger partial charge < -0.3 is 5.32 Å². The lowest BCUT2D eigenvalue weighted by molar-refractivity contribution is 0.270. The number of nitrogens with zero attached hydrogens (tertiary/aromatic N) is 2. The third-order valence-corrected chi connectivity index (χ3v) is 4.17. The SMILES string of the molecule is CCC(C)n1ccc(CC2CNCCC2C)n1. The third-order valence-electron chi connectivity index (χ3n) is 4.17. The Kier molecular flexibility index (Phi) is 4.21. The summed E-state index contributed by atoms with van der Waals surface area (Å²) < 4.78 is 2.11. The molecule has 3 nitrogen and oxygen atoms in total. The van der Waals surface area contributed by atoms with Crippen LogP contribution < -0.4 is 5.32 Å². The van der Waals surface area contributed by atoms with E-state index in [-0.39, 0.29) is 0 Å². The van der Waals surface area contributed by atoms with E-state index in [0.29, 0.717) is 6.04 Å². The van der Waals surface area contributed by atoms with Crippen molar-refractivity contribution < 1.29 is 0 Å². The van der Waals surface area contributed by atoms with Crippen molar-refractivity contribution in [2.75, 3.05) is 13.1 Å². The molecule has 1 aliphatic rings. The van der Waals surface area contributed by atoms with E-state index in [0.717, 1.165) is 31.2 Å². The molecule has 0 bridgehead atoms. The van der Waals surface area contributed by atoms with Gasteiger partial charge in [0.1, 0.15) is 0 Å². The van der Waals surface area contributed by atoms with Crippen LogP contribution in [0.1, 0.15) is 45.3 Å². The van der Waals surface area contributed by atoms with Crippen LogP contribution in [0.3, 0.4) is 0 Å². The molecule has 0 saturated carbocycles. The van der Waals surface area contributed by atoms with Crippen LogP contribution in [0, 0.1) is 11.8 Å². The molecule has 1 aromatic heterocycles. The van der Waals surface area contributed by atoms with Crippen molar-refractivity contribution in [3.05, 3.63) is 18.0 Å². The molecule has 0 aromatic carbocycles. The van der Waals surface area contributed by atoms with Gasteiger partial charge in [-0.05, 0) is 57.2 Å². The second-order valence-electron chi connectivity index (χ2n) is 5.48. The first kappa shape index (κ1) is 12.6. The molecule has 0 amide bonds. The monoisotopic (exact) mass is 235 g/mol. The maximum absolute atomic E-state index is 4.70. The number of aromatic nitrogens is 2. The molecule has 1 saturated heterocycles. The molecule has 2 rings (SSSR count). The largest absolute Gasteiger partial charge is 0.316 e. The summed E-state index contributed by atoms with van der Waals surface area (Å²) >= 11 is 0. The molecular formula is C14H25N3. The van der Waals surface area contributed by atoms with Gasteiger partial charge in [-0.3, -0.25) is 4.68 Å². The fourth-order valence-electron chi connectivity index (χ4n) is 2.51. The van der Waals surface area contributed by atoms with Crippen molar-refractivity contribution in [1.29, 1.82) is 0 Å². The highest BCUT2D eigenvalue weighted by atomic mass is 15.3. The van der Waals surface area contributed by atoms with Gasteiger partial charge in [0.2, 0.25) is 0 Å². The molecule has 1 aromatic rings. The fraction of sp³-hybridized carbons (Fsp3) is 0.786. The minimum absolute atomic E-state index is 0.519. The second kappa shape index (κ2) is 5.67. The van der Waals surface area contributed by atoms with Crippen molar-refractivity contribution in [3.8, 4) is 0 Å². The van der Waals surface area contributed by atoms with Gasteiger partial charge in [-0.15, -0.1) is 0 Å². The summed E-state index contributed by atoms with van der Waals surface area (Å²) in [5.74, 6) is 1.58. The average molecular weight is 235 g/mol. The number of nitrogens with one attached hydrogen (secondary N) is 1. The number of hydrogen-bond acceptors (Lipinski definition) is 2. The van der Waals surface area contributed by atoms with Crippen LogP contribution in [0.4, 0.5) is 0 Å². The minimum Gasteiger partial charge on any atom is -0.316 e. The zero-order valence-corrected chi connectivity index (χ0v) is 11.3. The Morgan fingerprint density at radius 2 is 2.41 bits per heavy atom. The Labute approximate surface area is 105 Å². The van der Waals surface area contributed by atoms with Crippen molar-refractivity contribution >= 4 is 0 Å². The highest BCUT2D eigenvalue weighted by Gasteiger charge is 2.22. The summed E-state index contributed by atoms with van der Waals surface area (Å²) in [6.07, 6.45) is 5.70. The zero-order valence-electron chi connectivity index (χ0n) is 11.3. The third kappa shape index (κ3) is 3.09. The molecule has 0 spiro atoms. The van der Waals surface area contributed by atoms with Crippen molar-refractivity contribution in [1.82, 2.24) is 15.1 Å². The Morgan fingerprint density at radius 3 is 3.12 bits per heavy atom. The van der Waals surface area contributed by atoms with E-state index < -0.39 is 0 Å². The van der Waals surface area contributed by atoms with Crippen molar-refractivity contribution in [2.24, 2.45) is 11.8 Å². The molecule has 0 radical (unpaired) electrons. The van der Waals surface area contributed by atoms with E-state index in [4.69, 9.17) is 5.10 Å². The Bertz CT molecular complexity index is 345. The normalized spacial score (nSPS) is 27.0. The number of piperidine rings is 1. The predicted octanol–water partition coefficient (Wildman–Crippen LogP) is 2.64. The van der Waals surface area contributed by atoms with Gasteiger partial charge in [-0.2, -0.15) is 5.10 Å². The van der Waals surface area contributed by atoms with E-state index in [9.17, 15) is 0 Å². The molecule has 1 N–H and O–H groups in total. The van der Waals surface area contributed by atoms with Crippen molar-refractivity contribution in [2.45, 2.75) is 46.1 Å². The first-order valence-corrected chi connectivity index (χ1v) is 6.95. The van der Waals surface area contributed by atoms with Gasteiger partial charge in [-0.1, -0.05) is 13.8 Å².